The predicted octanol–water partition coefficient (Wildman–Crippen LogP) is 2.18. The van der Waals surface area contributed by atoms with Crippen LogP contribution < -0.4 is 11.1 Å². The van der Waals surface area contributed by atoms with Gasteiger partial charge in [-0.15, -0.1) is 16.6 Å². The van der Waals surface area contributed by atoms with Crippen LogP contribution in [0.1, 0.15) is 17.0 Å². The molecule has 10 heteroatoms. The second-order valence-corrected chi connectivity index (χ2v) is 8.74. The normalized spacial score (nSPS) is 11.4. The largest absolute Gasteiger partial charge is 0.368 e. The lowest BCUT2D eigenvalue weighted by molar-refractivity contribution is 0.357. The Hall–Kier alpha value is -4.33. The molecule has 0 radical (unpaired) electrons. The number of nitrogens with one attached hydrogen (secondary N) is 2. The van der Waals surface area contributed by atoms with Crippen LogP contribution in [0.2, 0.25) is 0 Å². The Labute approximate surface area is 208 Å². The fourth-order valence-electron chi connectivity index (χ4n) is 4.24. The number of rotatable bonds is 9. The number of hydrogen-bond acceptors (Lipinski definition) is 8. The van der Waals surface area contributed by atoms with Crippen molar-refractivity contribution in [2.45, 2.75) is 6.42 Å². The highest BCUT2D eigenvalue weighted by Crippen LogP contribution is 2.32. The second-order valence-electron chi connectivity index (χ2n) is 8.74. The van der Waals surface area contributed by atoms with Crippen molar-refractivity contribution in [2.24, 2.45) is 12.8 Å². The van der Waals surface area contributed by atoms with E-state index in [4.69, 9.17) is 22.1 Å². The van der Waals surface area contributed by atoms with Gasteiger partial charge in [0.25, 0.3) is 0 Å². The van der Waals surface area contributed by atoms with Crippen molar-refractivity contribution < 1.29 is 0 Å². The van der Waals surface area contributed by atoms with Gasteiger partial charge >= 0.3 is 0 Å². The Morgan fingerprint density at radius 1 is 1.17 bits per heavy atom. The monoisotopic (exact) mass is 480 g/mol. The lowest BCUT2D eigenvalue weighted by Crippen LogP contribution is -2.30. The zero-order chi connectivity index (χ0) is 25.1. The minimum Gasteiger partial charge on any atom is -0.368 e. The van der Waals surface area contributed by atoms with Crippen LogP contribution in [0.25, 0.3) is 33.3 Å². The van der Waals surface area contributed by atoms with Crippen LogP contribution >= 0.6 is 0 Å². The van der Waals surface area contributed by atoms with Gasteiger partial charge in [0.15, 0.2) is 0 Å². The third kappa shape index (κ3) is 4.88. The molecule has 0 aliphatic rings. The first-order valence-electron chi connectivity index (χ1n) is 11.8. The van der Waals surface area contributed by atoms with Gasteiger partial charge < -0.3 is 20.9 Å². The Morgan fingerprint density at radius 2 is 2.06 bits per heavy atom. The van der Waals surface area contributed by atoms with Crippen LogP contribution in [0.5, 0.6) is 0 Å². The van der Waals surface area contributed by atoms with Gasteiger partial charge in [0.05, 0.1) is 12.4 Å². The van der Waals surface area contributed by atoms with E-state index < -0.39 is 0 Å². The molecule has 3 aromatic heterocycles. The smallest absolute Gasteiger partial charge is 0.204 e. The molecule has 0 aliphatic carbocycles. The second kappa shape index (κ2) is 10.1. The highest BCUT2D eigenvalue weighted by Gasteiger charge is 2.16. The Morgan fingerprint density at radius 3 is 2.83 bits per heavy atom. The van der Waals surface area contributed by atoms with Gasteiger partial charge in [0.1, 0.15) is 17.3 Å². The van der Waals surface area contributed by atoms with Crippen LogP contribution in [0, 0.1) is 12.3 Å². The lowest BCUT2D eigenvalue weighted by atomic mass is 10.1. The van der Waals surface area contributed by atoms with Crippen LogP contribution in [0.3, 0.4) is 0 Å². The number of benzene rings is 2. The quantitative estimate of drug-likeness (QED) is 0.274. The van der Waals surface area contributed by atoms with Gasteiger partial charge in [-0.25, -0.2) is 9.97 Å². The molecule has 4 N–H and O–H groups in total. The van der Waals surface area contributed by atoms with Gasteiger partial charge in [0.2, 0.25) is 5.82 Å². The molecule has 3 heterocycles. The maximum Gasteiger partial charge on any atom is 0.204 e. The SMILES string of the molecule is C#Cc1cccc(Cc2nc(NCCN(C)CCN)c3c(n2)[nH]c2cc(-c4nnn(C)n4)ccc23)c1. The van der Waals surface area contributed by atoms with Gasteiger partial charge in [-0.2, -0.15) is 4.80 Å². The van der Waals surface area contributed by atoms with Gasteiger partial charge in [0, 0.05) is 54.6 Å². The fourth-order valence-corrected chi connectivity index (χ4v) is 4.24. The number of aromatic amines is 1. The summed E-state index contributed by atoms with van der Waals surface area (Å²) >= 11 is 0. The number of tetrazole rings is 1. The van der Waals surface area contributed by atoms with E-state index in [9.17, 15) is 0 Å². The van der Waals surface area contributed by atoms with Crippen molar-refractivity contribution in [2.75, 3.05) is 38.5 Å². The summed E-state index contributed by atoms with van der Waals surface area (Å²) in [6.07, 6.45) is 6.15. The molecule has 0 unspecified atom stereocenters. The molecule has 0 atom stereocenters. The van der Waals surface area contributed by atoms with E-state index >= 15 is 0 Å². The molecule has 10 nitrogen and oxygen atoms in total. The number of aryl methyl sites for hydroxylation is 1. The van der Waals surface area contributed by atoms with E-state index in [0.29, 0.717) is 24.6 Å². The first-order valence-corrected chi connectivity index (χ1v) is 11.8. The molecular weight excluding hydrogens is 452 g/mol. The van der Waals surface area contributed by atoms with Crippen LogP contribution in [0.4, 0.5) is 5.82 Å². The Bertz CT molecular complexity index is 1560. The number of H-pyrrole nitrogens is 1. The molecule has 0 spiro atoms. The Balaban J connectivity index is 1.55. The van der Waals surface area contributed by atoms with E-state index in [1.807, 2.05) is 42.5 Å². The summed E-state index contributed by atoms with van der Waals surface area (Å²) in [6.45, 7) is 3.03. The zero-order valence-corrected chi connectivity index (χ0v) is 20.4. The van der Waals surface area contributed by atoms with Crippen molar-refractivity contribution in [3.05, 3.63) is 59.4 Å². The zero-order valence-electron chi connectivity index (χ0n) is 20.4. The molecule has 0 fully saturated rings. The maximum absolute atomic E-state index is 5.69. The molecule has 5 aromatic rings. The van der Waals surface area contributed by atoms with Crippen molar-refractivity contribution >= 4 is 27.8 Å². The fraction of sp³-hybridized carbons (Fsp3) is 0.269. The molecular formula is C26H28N10. The highest BCUT2D eigenvalue weighted by molar-refractivity contribution is 6.11. The highest BCUT2D eigenvalue weighted by atomic mass is 15.6. The molecule has 5 rings (SSSR count). The first-order chi connectivity index (χ1) is 17.5. The number of terminal acetylenes is 1. The minimum absolute atomic E-state index is 0.567. The van der Waals surface area contributed by atoms with E-state index in [-0.39, 0.29) is 0 Å². The van der Waals surface area contributed by atoms with Crippen molar-refractivity contribution in [3.63, 3.8) is 0 Å². The van der Waals surface area contributed by atoms with Crippen molar-refractivity contribution in [1.29, 1.82) is 0 Å². The third-order valence-electron chi connectivity index (χ3n) is 6.02. The number of fused-ring (bicyclic) bond motifs is 3. The summed E-state index contributed by atoms with van der Waals surface area (Å²) in [5.41, 5.74) is 10.2. The Kier molecular flexibility index (Phi) is 6.58. The average molecular weight is 481 g/mol. The summed E-state index contributed by atoms with van der Waals surface area (Å²) in [4.78, 5) is 16.9. The molecule has 36 heavy (non-hydrogen) atoms. The van der Waals surface area contributed by atoms with Gasteiger partial charge in [-0.3, -0.25) is 0 Å². The summed E-state index contributed by atoms with van der Waals surface area (Å²) in [7, 11) is 3.80. The lowest BCUT2D eigenvalue weighted by Gasteiger charge is -2.16. The average Bonchev–Trinajstić information content (AvgIpc) is 3.47. The maximum atomic E-state index is 5.69. The summed E-state index contributed by atoms with van der Waals surface area (Å²) in [6, 6.07) is 14.0. The number of nitrogens with two attached hydrogens (primary N) is 1. The van der Waals surface area contributed by atoms with Crippen LogP contribution in [-0.2, 0) is 13.5 Å². The summed E-state index contributed by atoms with van der Waals surface area (Å²) < 4.78 is 0. The first kappa shape index (κ1) is 23.4. The number of likely N-dealkylation sites (N-methyl/N-ethyl adjacent to an activating group) is 1. The van der Waals surface area contributed by atoms with Gasteiger partial charge in [-0.1, -0.05) is 30.2 Å². The predicted molar refractivity (Wildman–Crippen MR) is 141 cm³/mol. The number of aromatic nitrogens is 7. The molecule has 2 aromatic carbocycles. The van der Waals surface area contributed by atoms with Gasteiger partial charge in [-0.05, 0) is 36.0 Å². The van der Waals surface area contributed by atoms with Crippen LogP contribution in [0.15, 0.2) is 42.5 Å². The molecule has 0 amide bonds. The van der Waals surface area contributed by atoms with Crippen LogP contribution in [-0.4, -0.2) is 73.3 Å². The standard InChI is InChI=1S/C26H28N10/c1-4-17-6-5-7-18(14-17)15-22-30-25(28-11-13-35(2)12-10-27)23-20-9-8-19(24-32-34-36(3)33-24)16-21(20)29-26(23)31-22/h1,5-9,14,16H,10-13,15,27H2,2-3H3,(H2,28,29,30,31). The summed E-state index contributed by atoms with van der Waals surface area (Å²) in [5, 5.41) is 17.9. The number of anilines is 1. The summed E-state index contributed by atoms with van der Waals surface area (Å²) in [5.74, 6) is 4.76. The topological polar surface area (TPSA) is 126 Å². The van der Waals surface area contributed by atoms with E-state index in [1.54, 1.807) is 7.05 Å². The van der Waals surface area contributed by atoms with Crippen molar-refractivity contribution in [3.8, 4) is 23.7 Å². The molecule has 0 bridgehead atoms. The number of hydrogen-bond donors (Lipinski definition) is 3. The van der Waals surface area contributed by atoms with E-state index in [2.05, 4.69) is 43.6 Å². The molecule has 182 valence electrons. The number of nitrogens with zero attached hydrogens (tertiary/aromatic N) is 7. The van der Waals surface area contributed by atoms with E-state index in [1.165, 1.54) is 4.80 Å². The van der Waals surface area contributed by atoms with Crippen molar-refractivity contribution in [1.82, 2.24) is 40.1 Å². The minimum atomic E-state index is 0.567. The molecule has 0 saturated carbocycles. The van der Waals surface area contributed by atoms with E-state index in [0.717, 1.165) is 64.1 Å². The molecule has 0 aliphatic heterocycles. The molecule has 0 saturated heterocycles. The third-order valence-corrected chi connectivity index (χ3v) is 6.02.